The van der Waals surface area contributed by atoms with Gasteiger partial charge in [0, 0.05) is 18.3 Å². The topological polar surface area (TPSA) is 21.3 Å². The smallest absolute Gasteiger partial charge is 0.406 e. The van der Waals surface area contributed by atoms with Gasteiger partial charge in [-0.15, -0.1) is 13.2 Å². The van der Waals surface area contributed by atoms with E-state index in [9.17, 15) is 13.2 Å². The molecule has 0 radical (unpaired) electrons. The third-order valence-electron chi connectivity index (χ3n) is 2.38. The lowest BCUT2D eigenvalue weighted by Gasteiger charge is -2.13. The Bertz CT molecular complexity index is 367. The summed E-state index contributed by atoms with van der Waals surface area (Å²) in [5.74, 6) is 1.91. The van der Waals surface area contributed by atoms with Gasteiger partial charge in [0.1, 0.15) is 5.75 Å². The standard InChI is InChI=1S/C13H18F3NOS/c1-3-19-9-10(2)17-8-11-4-6-12(7-5-11)18-13(14,15)16/h4-7,10,17H,3,8-9H2,1-2H3. The van der Waals surface area contributed by atoms with Gasteiger partial charge in [0.05, 0.1) is 0 Å². The van der Waals surface area contributed by atoms with Gasteiger partial charge < -0.3 is 10.1 Å². The predicted octanol–water partition coefficient (Wildman–Crippen LogP) is 3.82. The van der Waals surface area contributed by atoms with Crippen LogP contribution in [0.3, 0.4) is 0 Å². The Balaban J connectivity index is 2.40. The van der Waals surface area contributed by atoms with Crippen molar-refractivity contribution in [2.75, 3.05) is 11.5 Å². The molecule has 0 fully saturated rings. The zero-order valence-electron chi connectivity index (χ0n) is 11.0. The summed E-state index contributed by atoms with van der Waals surface area (Å²) < 4.78 is 39.7. The highest BCUT2D eigenvalue weighted by molar-refractivity contribution is 7.99. The number of benzene rings is 1. The Hall–Kier alpha value is -0.880. The van der Waals surface area contributed by atoms with Gasteiger partial charge in [-0.05, 0) is 30.4 Å². The van der Waals surface area contributed by atoms with E-state index >= 15 is 0 Å². The Morgan fingerprint density at radius 3 is 2.42 bits per heavy atom. The normalized spacial score (nSPS) is 13.3. The lowest BCUT2D eigenvalue weighted by Crippen LogP contribution is -2.27. The van der Waals surface area contributed by atoms with E-state index < -0.39 is 6.36 Å². The van der Waals surface area contributed by atoms with Gasteiger partial charge in [0.2, 0.25) is 0 Å². The van der Waals surface area contributed by atoms with E-state index in [-0.39, 0.29) is 5.75 Å². The van der Waals surface area contributed by atoms with Crippen molar-refractivity contribution < 1.29 is 17.9 Å². The lowest BCUT2D eigenvalue weighted by atomic mass is 10.2. The van der Waals surface area contributed by atoms with Crippen molar-refractivity contribution in [3.8, 4) is 5.75 Å². The van der Waals surface area contributed by atoms with Crippen LogP contribution in [0, 0.1) is 0 Å². The van der Waals surface area contributed by atoms with E-state index in [1.807, 2.05) is 11.8 Å². The van der Waals surface area contributed by atoms with Crippen LogP contribution in [0.4, 0.5) is 13.2 Å². The average molecular weight is 293 g/mol. The van der Waals surface area contributed by atoms with Crippen LogP contribution in [0.25, 0.3) is 0 Å². The molecule has 108 valence electrons. The number of rotatable bonds is 7. The number of ether oxygens (including phenoxy) is 1. The molecule has 1 atom stereocenters. The Kier molecular flexibility index (Phi) is 6.51. The highest BCUT2D eigenvalue weighted by atomic mass is 32.2. The quantitative estimate of drug-likeness (QED) is 0.826. The van der Waals surface area contributed by atoms with Crippen LogP contribution in [0.2, 0.25) is 0 Å². The lowest BCUT2D eigenvalue weighted by molar-refractivity contribution is -0.274. The molecule has 0 amide bonds. The van der Waals surface area contributed by atoms with Gasteiger partial charge in [-0.1, -0.05) is 19.1 Å². The molecule has 0 aliphatic rings. The van der Waals surface area contributed by atoms with Crippen LogP contribution in [0.15, 0.2) is 24.3 Å². The number of alkyl halides is 3. The molecular weight excluding hydrogens is 275 g/mol. The molecule has 0 aromatic heterocycles. The van der Waals surface area contributed by atoms with Crippen molar-refractivity contribution in [1.29, 1.82) is 0 Å². The summed E-state index contributed by atoms with van der Waals surface area (Å²) in [5, 5.41) is 3.32. The molecule has 1 rings (SSSR count). The SMILES string of the molecule is CCSCC(C)NCc1ccc(OC(F)(F)F)cc1. The number of thioether (sulfide) groups is 1. The summed E-state index contributed by atoms with van der Waals surface area (Å²) in [5.41, 5.74) is 0.933. The highest BCUT2D eigenvalue weighted by Gasteiger charge is 2.30. The molecular formula is C13H18F3NOS. The van der Waals surface area contributed by atoms with E-state index in [4.69, 9.17) is 0 Å². The molecule has 0 spiro atoms. The molecule has 0 saturated heterocycles. The van der Waals surface area contributed by atoms with Crippen LogP contribution >= 0.6 is 11.8 Å². The zero-order valence-corrected chi connectivity index (χ0v) is 11.8. The third kappa shape index (κ3) is 7.32. The van der Waals surface area contributed by atoms with Crippen LogP contribution in [0.5, 0.6) is 5.75 Å². The predicted molar refractivity (Wildman–Crippen MR) is 72.4 cm³/mol. The van der Waals surface area contributed by atoms with E-state index in [0.29, 0.717) is 12.6 Å². The van der Waals surface area contributed by atoms with Crippen LogP contribution in [-0.2, 0) is 6.54 Å². The van der Waals surface area contributed by atoms with Crippen molar-refractivity contribution in [1.82, 2.24) is 5.32 Å². The van der Waals surface area contributed by atoms with Crippen molar-refractivity contribution >= 4 is 11.8 Å². The van der Waals surface area contributed by atoms with Crippen LogP contribution < -0.4 is 10.1 Å². The maximum atomic E-state index is 12.0. The van der Waals surface area contributed by atoms with E-state index in [1.165, 1.54) is 12.1 Å². The Morgan fingerprint density at radius 1 is 1.26 bits per heavy atom. The van der Waals surface area contributed by atoms with E-state index in [1.54, 1.807) is 12.1 Å². The highest BCUT2D eigenvalue weighted by Crippen LogP contribution is 2.22. The minimum atomic E-state index is -4.63. The first-order chi connectivity index (χ1) is 8.90. The minimum Gasteiger partial charge on any atom is -0.406 e. The summed E-state index contributed by atoms with van der Waals surface area (Å²) >= 11 is 1.85. The molecule has 2 nitrogen and oxygen atoms in total. The largest absolute Gasteiger partial charge is 0.573 e. The molecule has 1 N–H and O–H groups in total. The summed E-state index contributed by atoms with van der Waals surface area (Å²) in [6.45, 7) is 4.83. The number of hydrogen-bond donors (Lipinski definition) is 1. The maximum absolute atomic E-state index is 12.0. The monoisotopic (exact) mass is 293 g/mol. The number of hydrogen-bond acceptors (Lipinski definition) is 3. The molecule has 1 aromatic carbocycles. The first-order valence-corrected chi connectivity index (χ1v) is 7.22. The fraction of sp³-hybridized carbons (Fsp3) is 0.538. The molecule has 0 bridgehead atoms. The summed E-state index contributed by atoms with van der Waals surface area (Å²) in [4.78, 5) is 0. The van der Waals surface area contributed by atoms with Crippen molar-refractivity contribution in [2.45, 2.75) is 32.8 Å². The van der Waals surface area contributed by atoms with Gasteiger partial charge in [0.25, 0.3) is 0 Å². The molecule has 0 saturated carbocycles. The van der Waals surface area contributed by atoms with Gasteiger partial charge in [-0.3, -0.25) is 0 Å². The second-order valence-corrected chi connectivity index (χ2v) is 5.45. The summed E-state index contributed by atoms with van der Waals surface area (Å²) in [6, 6.07) is 6.30. The molecule has 0 aliphatic heterocycles. The molecule has 6 heteroatoms. The van der Waals surface area contributed by atoms with Gasteiger partial charge >= 0.3 is 6.36 Å². The maximum Gasteiger partial charge on any atom is 0.573 e. The van der Waals surface area contributed by atoms with E-state index in [2.05, 4.69) is 23.9 Å². The first kappa shape index (κ1) is 16.2. The van der Waals surface area contributed by atoms with Gasteiger partial charge in [0.15, 0.2) is 0 Å². The minimum absolute atomic E-state index is 0.189. The molecule has 1 aromatic rings. The third-order valence-corrected chi connectivity index (χ3v) is 3.53. The zero-order chi connectivity index (χ0) is 14.3. The van der Waals surface area contributed by atoms with Gasteiger partial charge in [-0.25, -0.2) is 0 Å². The fourth-order valence-corrected chi connectivity index (χ4v) is 2.16. The number of nitrogens with one attached hydrogen (secondary N) is 1. The Labute approximate surface area is 115 Å². The second kappa shape index (κ2) is 7.65. The van der Waals surface area contributed by atoms with Gasteiger partial charge in [-0.2, -0.15) is 11.8 Å². The van der Waals surface area contributed by atoms with Crippen molar-refractivity contribution in [3.63, 3.8) is 0 Å². The summed E-state index contributed by atoms with van der Waals surface area (Å²) in [6.07, 6.45) is -4.63. The average Bonchev–Trinajstić information content (AvgIpc) is 2.33. The van der Waals surface area contributed by atoms with Crippen LogP contribution in [0.1, 0.15) is 19.4 Å². The van der Waals surface area contributed by atoms with Crippen molar-refractivity contribution in [3.05, 3.63) is 29.8 Å². The molecule has 19 heavy (non-hydrogen) atoms. The van der Waals surface area contributed by atoms with E-state index in [0.717, 1.165) is 17.1 Å². The first-order valence-electron chi connectivity index (χ1n) is 6.06. The Morgan fingerprint density at radius 2 is 1.89 bits per heavy atom. The molecule has 1 unspecified atom stereocenters. The molecule has 0 heterocycles. The van der Waals surface area contributed by atoms with Crippen LogP contribution in [-0.4, -0.2) is 23.9 Å². The van der Waals surface area contributed by atoms with Crippen molar-refractivity contribution in [2.24, 2.45) is 0 Å². The second-order valence-electron chi connectivity index (χ2n) is 4.13. The molecule has 0 aliphatic carbocycles. The fourth-order valence-electron chi connectivity index (χ4n) is 1.45. The summed E-state index contributed by atoms with van der Waals surface area (Å²) in [7, 11) is 0. The number of halogens is 3.